The molecule has 2 saturated heterocycles. The molecule has 0 spiro atoms. The zero-order chi connectivity index (χ0) is 13.1. The van der Waals surface area contributed by atoms with E-state index in [2.05, 4.69) is 14.9 Å². The number of hydrogen-bond donors (Lipinski definition) is 0. The van der Waals surface area contributed by atoms with Gasteiger partial charge in [-0.25, -0.2) is 9.97 Å². The number of aromatic nitrogens is 2. The van der Waals surface area contributed by atoms with Crippen LogP contribution in [0.4, 0.5) is 5.95 Å². The first kappa shape index (κ1) is 12.4. The molecule has 0 N–H and O–H groups in total. The highest BCUT2D eigenvalue weighted by Crippen LogP contribution is 2.24. The first-order chi connectivity index (χ1) is 9.36. The smallest absolute Gasteiger partial charge is 0.245 e. The average molecular weight is 260 g/mol. The van der Waals surface area contributed by atoms with E-state index >= 15 is 0 Å². The van der Waals surface area contributed by atoms with Gasteiger partial charge in [-0.3, -0.25) is 4.79 Å². The van der Waals surface area contributed by atoms with E-state index in [0.717, 1.165) is 45.3 Å². The predicted octanol–water partition coefficient (Wildman–Crippen LogP) is 1.46. The monoisotopic (exact) mass is 260 g/mol. The Morgan fingerprint density at radius 3 is 2.53 bits per heavy atom. The summed E-state index contributed by atoms with van der Waals surface area (Å²) in [6.07, 6.45) is 8.98. The minimum absolute atomic E-state index is 0.0551. The van der Waals surface area contributed by atoms with Crippen molar-refractivity contribution in [3.8, 4) is 0 Å². The summed E-state index contributed by atoms with van der Waals surface area (Å²) in [7, 11) is 0. The molecule has 1 atom stereocenters. The standard InChI is InChI=1S/C14H20N4O/c19-13(17-9-2-1-3-10-17)12-6-4-11-18(12)14-15-7-5-8-16-14/h5,7-8,12H,1-4,6,9-11H2. The molecule has 1 amide bonds. The molecule has 0 radical (unpaired) electrons. The Labute approximate surface area is 113 Å². The molecule has 1 aromatic rings. The van der Waals surface area contributed by atoms with Crippen molar-refractivity contribution >= 4 is 11.9 Å². The lowest BCUT2D eigenvalue weighted by molar-refractivity contribution is -0.133. The Kier molecular flexibility index (Phi) is 3.62. The highest BCUT2D eigenvalue weighted by molar-refractivity contribution is 5.85. The Balaban J connectivity index is 1.74. The number of amides is 1. The minimum Gasteiger partial charge on any atom is -0.341 e. The second-order valence-electron chi connectivity index (χ2n) is 5.29. The molecular weight excluding hydrogens is 240 g/mol. The molecule has 5 nitrogen and oxygen atoms in total. The normalized spacial score (nSPS) is 23.7. The fraction of sp³-hybridized carbons (Fsp3) is 0.643. The highest BCUT2D eigenvalue weighted by Gasteiger charge is 2.35. The van der Waals surface area contributed by atoms with E-state index in [1.54, 1.807) is 18.5 Å². The molecule has 2 aliphatic rings. The van der Waals surface area contributed by atoms with Crippen LogP contribution in [0, 0.1) is 0 Å². The second kappa shape index (κ2) is 5.55. The summed E-state index contributed by atoms with van der Waals surface area (Å²) in [5, 5.41) is 0. The van der Waals surface area contributed by atoms with E-state index in [1.807, 2.05) is 4.90 Å². The Morgan fingerprint density at radius 1 is 1.05 bits per heavy atom. The molecule has 102 valence electrons. The van der Waals surface area contributed by atoms with Crippen LogP contribution >= 0.6 is 0 Å². The van der Waals surface area contributed by atoms with Crippen molar-refractivity contribution in [2.24, 2.45) is 0 Å². The van der Waals surface area contributed by atoms with Crippen molar-refractivity contribution in [1.82, 2.24) is 14.9 Å². The summed E-state index contributed by atoms with van der Waals surface area (Å²) in [6.45, 7) is 2.71. The quantitative estimate of drug-likeness (QED) is 0.807. The van der Waals surface area contributed by atoms with E-state index in [4.69, 9.17) is 0 Å². The van der Waals surface area contributed by atoms with Crippen molar-refractivity contribution in [2.45, 2.75) is 38.1 Å². The molecule has 1 aromatic heterocycles. The van der Waals surface area contributed by atoms with E-state index in [-0.39, 0.29) is 11.9 Å². The zero-order valence-electron chi connectivity index (χ0n) is 11.2. The molecule has 19 heavy (non-hydrogen) atoms. The van der Waals surface area contributed by atoms with Crippen LogP contribution < -0.4 is 4.90 Å². The molecule has 0 bridgehead atoms. The molecule has 0 saturated carbocycles. The molecule has 3 rings (SSSR count). The van der Waals surface area contributed by atoms with Crippen molar-refractivity contribution in [1.29, 1.82) is 0 Å². The van der Waals surface area contributed by atoms with Gasteiger partial charge in [0.05, 0.1) is 0 Å². The molecule has 5 heteroatoms. The summed E-state index contributed by atoms with van der Waals surface area (Å²) >= 11 is 0. The lowest BCUT2D eigenvalue weighted by atomic mass is 10.1. The van der Waals surface area contributed by atoms with Gasteiger partial charge in [0.15, 0.2) is 0 Å². The van der Waals surface area contributed by atoms with Gasteiger partial charge in [-0.05, 0) is 38.2 Å². The first-order valence-electron chi connectivity index (χ1n) is 7.19. The van der Waals surface area contributed by atoms with Crippen LogP contribution in [0.2, 0.25) is 0 Å². The molecule has 1 unspecified atom stereocenters. The molecular formula is C14H20N4O. The Morgan fingerprint density at radius 2 is 1.79 bits per heavy atom. The maximum absolute atomic E-state index is 12.6. The number of carbonyl (C=O) groups is 1. The van der Waals surface area contributed by atoms with E-state index in [1.165, 1.54) is 6.42 Å². The van der Waals surface area contributed by atoms with Gasteiger partial charge in [0.25, 0.3) is 0 Å². The van der Waals surface area contributed by atoms with Gasteiger partial charge in [-0.1, -0.05) is 0 Å². The van der Waals surface area contributed by atoms with Gasteiger partial charge in [-0.2, -0.15) is 0 Å². The van der Waals surface area contributed by atoms with Crippen LogP contribution in [-0.2, 0) is 4.79 Å². The van der Waals surface area contributed by atoms with Crippen LogP contribution in [0.15, 0.2) is 18.5 Å². The third-order valence-electron chi connectivity index (χ3n) is 4.01. The van der Waals surface area contributed by atoms with Crippen molar-refractivity contribution < 1.29 is 4.79 Å². The third kappa shape index (κ3) is 2.55. The topological polar surface area (TPSA) is 49.3 Å². The number of rotatable bonds is 2. The molecule has 0 aliphatic carbocycles. The number of hydrogen-bond acceptors (Lipinski definition) is 4. The van der Waals surface area contributed by atoms with Gasteiger partial charge in [0.2, 0.25) is 11.9 Å². The van der Waals surface area contributed by atoms with Crippen LogP contribution in [0.5, 0.6) is 0 Å². The Hall–Kier alpha value is -1.65. The Bertz CT molecular complexity index is 430. The van der Waals surface area contributed by atoms with Gasteiger partial charge in [0, 0.05) is 32.0 Å². The van der Waals surface area contributed by atoms with Crippen molar-refractivity contribution in [3.05, 3.63) is 18.5 Å². The van der Waals surface area contributed by atoms with Crippen LogP contribution in [0.1, 0.15) is 32.1 Å². The second-order valence-corrected chi connectivity index (χ2v) is 5.29. The van der Waals surface area contributed by atoms with Crippen LogP contribution in [-0.4, -0.2) is 46.5 Å². The van der Waals surface area contributed by atoms with Crippen LogP contribution in [0.3, 0.4) is 0 Å². The lowest BCUT2D eigenvalue weighted by Gasteiger charge is -2.32. The van der Waals surface area contributed by atoms with Gasteiger partial charge >= 0.3 is 0 Å². The highest BCUT2D eigenvalue weighted by atomic mass is 16.2. The maximum Gasteiger partial charge on any atom is 0.245 e. The van der Waals surface area contributed by atoms with E-state index in [9.17, 15) is 4.79 Å². The SMILES string of the molecule is O=C(C1CCCN1c1ncccn1)N1CCCCC1. The lowest BCUT2D eigenvalue weighted by Crippen LogP contribution is -2.48. The van der Waals surface area contributed by atoms with Crippen LogP contribution in [0.25, 0.3) is 0 Å². The molecule has 2 aliphatic heterocycles. The maximum atomic E-state index is 12.6. The van der Waals surface area contributed by atoms with Crippen molar-refractivity contribution in [3.63, 3.8) is 0 Å². The van der Waals surface area contributed by atoms with Gasteiger partial charge in [0.1, 0.15) is 6.04 Å². The summed E-state index contributed by atoms with van der Waals surface area (Å²) in [5.41, 5.74) is 0. The van der Waals surface area contributed by atoms with E-state index in [0.29, 0.717) is 5.95 Å². The number of anilines is 1. The first-order valence-corrected chi connectivity index (χ1v) is 7.19. The molecule has 0 aromatic carbocycles. The summed E-state index contributed by atoms with van der Waals surface area (Å²) in [6, 6.07) is 1.75. The minimum atomic E-state index is -0.0551. The molecule has 2 fully saturated rings. The predicted molar refractivity (Wildman–Crippen MR) is 72.8 cm³/mol. The van der Waals surface area contributed by atoms with Crippen molar-refractivity contribution in [2.75, 3.05) is 24.5 Å². The summed E-state index contributed by atoms with van der Waals surface area (Å²) < 4.78 is 0. The fourth-order valence-corrected chi connectivity index (χ4v) is 3.03. The average Bonchev–Trinajstić information content (AvgIpc) is 2.98. The van der Waals surface area contributed by atoms with E-state index < -0.39 is 0 Å². The fourth-order valence-electron chi connectivity index (χ4n) is 3.03. The zero-order valence-corrected chi connectivity index (χ0v) is 11.2. The number of likely N-dealkylation sites (tertiary alicyclic amines) is 1. The third-order valence-corrected chi connectivity index (χ3v) is 4.01. The molecule has 3 heterocycles. The van der Waals surface area contributed by atoms with Gasteiger partial charge < -0.3 is 9.80 Å². The number of carbonyl (C=O) groups excluding carboxylic acids is 1. The summed E-state index contributed by atoms with van der Waals surface area (Å²) in [4.78, 5) is 25.3. The number of nitrogens with zero attached hydrogens (tertiary/aromatic N) is 4. The largest absolute Gasteiger partial charge is 0.341 e. The van der Waals surface area contributed by atoms with Gasteiger partial charge in [-0.15, -0.1) is 0 Å². The number of piperidine rings is 1. The summed E-state index contributed by atoms with van der Waals surface area (Å²) in [5.74, 6) is 0.958.